The molecule has 176 valence electrons. The highest BCUT2D eigenvalue weighted by molar-refractivity contribution is 5.43. The van der Waals surface area contributed by atoms with Gasteiger partial charge in [-0.05, 0) is 52.0 Å². The van der Waals surface area contributed by atoms with Crippen LogP contribution < -0.4 is 4.74 Å². The van der Waals surface area contributed by atoms with E-state index in [1.54, 1.807) is 6.08 Å². The van der Waals surface area contributed by atoms with E-state index in [0.29, 0.717) is 25.6 Å². The largest absolute Gasteiger partial charge is 0.439 e. The van der Waals surface area contributed by atoms with Crippen molar-refractivity contribution < 1.29 is 14.6 Å². The standard InChI is InChI=1S/C27H35N3O3/c1-6-16-32-19-24(31)17-29(20(2)3)18-26-22(5)28-30(23-10-8-7-9-11-23)27(26)33-25-14-12-21(4)13-15-25/h6-15,20,24,31H,1,16-19H2,2-5H3. The van der Waals surface area contributed by atoms with Gasteiger partial charge in [0.05, 0.1) is 36.3 Å². The first-order valence-electron chi connectivity index (χ1n) is 11.4. The summed E-state index contributed by atoms with van der Waals surface area (Å²) >= 11 is 0. The monoisotopic (exact) mass is 449 g/mol. The minimum atomic E-state index is -0.599. The summed E-state index contributed by atoms with van der Waals surface area (Å²) < 4.78 is 13.7. The lowest BCUT2D eigenvalue weighted by atomic mass is 10.2. The van der Waals surface area contributed by atoms with E-state index in [4.69, 9.17) is 14.6 Å². The number of para-hydroxylation sites is 1. The molecule has 0 spiro atoms. The molecule has 0 aliphatic carbocycles. The van der Waals surface area contributed by atoms with Gasteiger partial charge in [0.1, 0.15) is 5.75 Å². The summed E-state index contributed by atoms with van der Waals surface area (Å²) in [6.45, 7) is 13.7. The van der Waals surface area contributed by atoms with E-state index < -0.39 is 6.10 Å². The van der Waals surface area contributed by atoms with Crippen LogP contribution in [0, 0.1) is 13.8 Å². The SMILES string of the molecule is C=CCOCC(O)CN(Cc1c(C)nn(-c2ccccc2)c1Oc1ccc(C)cc1)C(C)C. The molecule has 2 aromatic carbocycles. The Balaban J connectivity index is 1.92. The van der Waals surface area contributed by atoms with Crippen LogP contribution in [0.4, 0.5) is 0 Å². The average molecular weight is 450 g/mol. The van der Waals surface area contributed by atoms with E-state index in [0.717, 1.165) is 22.7 Å². The smallest absolute Gasteiger partial charge is 0.227 e. The Labute approximate surface area is 197 Å². The maximum atomic E-state index is 10.5. The molecule has 1 aromatic heterocycles. The van der Waals surface area contributed by atoms with E-state index >= 15 is 0 Å². The van der Waals surface area contributed by atoms with Crippen molar-refractivity contribution in [3.05, 3.63) is 84.1 Å². The van der Waals surface area contributed by atoms with Crippen LogP contribution in [0.5, 0.6) is 11.6 Å². The van der Waals surface area contributed by atoms with Gasteiger partial charge in [-0.1, -0.05) is 42.0 Å². The molecule has 1 unspecified atom stereocenters. The number of nitrogens with zero attached hydrogens (tertiary/aromatic N) is 3. The summed E-state index contributed by atoms with van der Waals surface area (Å²) in [5, 5.41) is 15.3. The number of rotatable bonds is 12. The number of aryl methyl sites for hydroxylation is 2. The summed E-state index contributed by atoms with van der Waals surface area (Å²) in [7, 11) is 0. The van der Waals surface area contributed by atoms with Crippen LogP contribution in [-0.4, -0.2) is 51.7 Å². The Hall–Kier alpha value is -2.93. The van der Waals surface area contributed by atoms with Gasteiger partial charge in [-0.3, -0.25) is 4.90 Å². The van der Waals surface area contributed by atoms with Gasteiger partial charge >= 0.3 is 0 Å². The summed E-state index contributed by atoms with van der Waals surface area (Å²) in [5.74, 6) is 1.44. The third-order valence-corrected chi connectivity index (χ3v) is 5.46. The van der Waals surface area contributed by atoms with E-state index in [1.165, 1.54) is 5.56 Å². The van der Waals surface area contributed by atoms with Crippen molar-refractivity contribution in [2.45, 2.75) is 46.4 Å². The van der Waals surface area contributed by atoms with Crippen LogP contribution in [-0.2, 0) is 11.3 Å². The van der Waals surface area contributed by atoms with Crippen LogP contribution in [0.2, 0.25) is 0 Å². The fraction of sp³-hybridized carbons (Fsp3) is 0.370. The molecule has 1 N–H and O–H groups in total. The maximum Gasteiger partial charge on any atom is 0.227 e. The van der Waals surface area contributed by atoms with Crippen LogP contribution >= 0.6 is 0 Å². The number of ether oxygens (including phenoxy) is 2. The molecule has 0 radical (unpaired) electrons. The topological polar surface area (TPSA) is 59.8 Å². The first-order valence-corrected chi connectivity index (χ1v) is 11.4. The van der Waals surface area contributed by atoms with Gasteiger partial charge < -0.3 is 14.6 Å². The molecular weight excluding hydrogens is 414 g/mol. The van der Waals surface area contributed by atoms with Crippen LogP contribution in [0.25, 0.3) is 5.69 Å². The molecule has 3 rings (SSSR count). The van der Waals surface area contributed by atoms with E-state index in [-0.39, 0.29) is 12.6 Å². The molecule has 3 aromatic rings. The van der Waals surface area contributed by atoms with Gasteiger partial charge in [0, 0.05) is 19.1 Å². The molecule has 33 heavy (non-hydrogen) atoms. The molecule has 1 heterocycles. The number of aromatic nitrogens is 2. The zero-order valence-corrected chi connectivity index (χ0v) is 20.1. The molecule has 0 aliphatic rings. The fourth-order valence-corrected chi connectivity index (χ4v) is 3.56. The van der Waals surface area contributed by atoms with Gasteiger partial charge in [0.15, 0.2) is 0 Å². The molecule has 6 nitrogen and oxygen atoms in total. The summed E-state index contributed by atoms with van der Waals surface area (Å²) in [5.41, 5.74) is 3.99. The van der Waals surface area contributed by atoms with E-state index in [1.807, 2.05) is 66.2 Å². The highest BCUT2D eigenvalue weighted by atomic mass is 16.5. The molecule has 1 atom stereocenters. The van der Waals surface area contributed by atoms with Crippen molar-refractivity contribution in [1.29, 1.82) is 0 Å². The van der Waals surface area contributed by atoms with Gasteiger partial charge in [-0.15, -0.1) is 6.58 Å². The van der Waals surface area contributed by atoms with Crippen molar-refractivity contribution in [3.8, 4) is 17.3 Å². The van der Waals surface area contributed by atoms with Crippen LogP contribution in [0.1, 0.15) is 30.7 Å². The Morgan fingerprint density at radius 2 is 1.79 bits per heavy atom. The Morgan fingerprint density at radius 3 is 2.42 bits per heavy atom. The predicted molar refractivity (Wildman–Crippen MR) is 132 cm³/mol. The number of hydrogen-bond acceptors (Lipinski definition) is 5. The second kappa shape index (κ2) is 11.8. The van der Waals surface area contributed by atoms with Gasteiger partial charge in [0.25, 0.3) is 0 Å². The maximum absolute atomic E-state index is 10.5. The second-order valence-corrected chi connectivity index (χ2v) is 8.53. The number of hydrogen-bond donors (Lipinski definition) is 1. The molecule has 0 aliphatic heterocycles. The molecule has 0 fully saturated rings. The number of aliphatic hydroxyl groups is 1. The third kappa shape index (κ3) is 6.78. The molecule has 0 amide bonds. The van der Waals surface area contributed by atoms with Crippen molar-refractivity contribution in [2.75, 3.05) is 19.8 Å². The molecule has 0 saturated carbocycles. The Kier molecular flexibility index (Phi) is 8.83. The molecule has 0 bridgehead atoms. The van der Waals surface area contributed by atoms with Crippen molar-refractivity contribution in [2.24, 2.45) is 0 Å². The minimum Gasteiger partial charge on any atom is -0.439 e. The lowest BCUT2D eigenvalue weighted by molar-refractivity contribution is 0.0177. The zero-order chi connectivity index (χ0) is 23.8. The quantitative estimate of drug-likeness (QED) is 0.310. The average Bonchev–Trinajstić information content (AvgIpc) is 3.10. The fourth-order valence-electron chi connectivity index (χ4n) is 3.56. The molecular formula is C27H35N3O3. The summed E-state index contributed by atoms with van der Waals surface area (Å²) in [4.78, 5) is 2.21. The molecule has 0 saturated heterocycles. The first-order chi connectivity index (χ1) is 15.9. The first kappa shape index (κ1) is 24.7. The summed E-state index contributed by atoms with van der Waals surface area (Å²) in [6, 6.07) is 18.2. The predicted octanol–water partition coefficient (Wildman–Crippen LogP) is 5.06. The highest BCUT2D eigenvalue weighted by Gasteiger charge is 2.24. The second-order valence-electron chi connectivity index (χ2n) is 8.53. The minimum absolute atomic E-state index is 0.214. The van der Waals surface area contributed by atoms with Crippen molar-refractivity contribution in [3.63, 3.8) is 0 Å². The van der Waals surface area contributed by atoms with Crippen LogP contribution in [0.3, 0.4) is 0 Å². The van der Waals surface area contributed by atoms with Crippen molar-refractivity contribution >= 4 is 0 Å². The normalized spacial score (nSPS) is 12.3. The van der Waals surface area contributed by atoms with Crippen LogP contribution in [0.15, 0.2) is 67.3 Å². The summed E-state index contributed by atoms with van der Waals surface area (Å²) in [6.07, 6.45) is 1.08. The van der Waals surface area contributed by atoms with Gasteiger partial charge in [-0.2, -0.15) is 5.10 Å². The lowest BCUT2D eigenvalue weighted by Gasteiger charge is -2.29. The molecule has 6 heteroatoms. The number of aliphatic hydroxyl groups excluding tert-OH is 1. The Bertz CT molecular complexity index is 1010. The van der Waals surface area contributed by atoms with Crippen molar-refractivity contribution in [1.82, 2.24) is 14.7 Å². The van der Waals surface area contributed by atoms with E-state index in [9.17, 15) is 5.11 Å². The van der Waals surface area contributed by atoms with E-state index in [2.05, 4.69) is 32.3 Å². The third-order valence-electron chi connectivity index (χ3n) is 5.46. The van der Waals surface area contributed by atoms with Gasteiger partial charge in [-0.25, -0.2) is 4.68 Å². The van der Waals surface area contributed by atoms with Gasteiger partial charge in [0.2, 0.25) is 5.88 Å². The number of benzene rings is 2. The lowest BCUT2D eigenvalue weighted by Crippen LogP contribution is -2.39. The zero-order valence-electron chi connectivity index (χ0n) is 20.1. The highest BCUT2D eigenvalue weighted by Crippen LogP contribution is 2.32. The Morgan fingerprint density at radius 1 is 1.09 bits per heavy atom.